The fourth-order valence-electron chi connectivity index (χ4n) is 4.01. The van der Waals surface area contributed by atoms with Crippen LogP contribution in [0.15, 0.2) is 53.5 Å². The zero-order valence-corrected chi connectivity index (χ0v) is 19.1. The van der Waals surface area contributed by atoms with Crippen molar-refractivity contribution >= 4 is 44.0 Å². The number of hydrogen-bond acceptors (Lipinski definition) is 7. The maximum atomic E-state index is 12.6. The monoisotopic (exact) mass is 459 g/mol. The molecule has 2 aliphatic rings. The number of fused-ring (bicyclic) bond motifs is 1. The van der Waals surface area contributed by atoms with Crippen molar-refractivity contribution in [1.82, 2.24) is 0 Å². The Bertz CT molecular complexity index is 1120. The van der Waals surface area contributed by atoms with Crippen LogP contribution in [0.3, 0.4) is 0 Å². The minimum absolute atomic E-state index is 0.0312. The van der Waals surface area contributed by atoms with Crippen LogP contribution in [0.1, 0.15) is 12.5 Å². The van der Waals surface area contributed by atoms with Crippen molar-refractivity contribution < 1.29 is 17.9 Å². The lowest BCUT2D eigenvalue weighted by Crippen LogP contribution is -2.39. The molecule has 0 unspecified atom stereocenters. The van der Waals surface area contributed by atoms with Crippen LogP contribution >= 0.6 is 11.8 Å². The van der Waals surface area contributed by atoms with Gasteiger partial charge in [0.2, 0.25) is 5.91 Å². The van der Waals surface area contributed by atoms with Crippen molar-refractivity contribution in [3.05, 3.63) is 54.1 Å². The second-order valence-electron chi connectivity index (χ2n) is 7.51. The highest BCUT2D eigenvalue weighted by Crippen LogP contribution is 2.39. The SMILES string of the molecule is CCc1ccccc1NC(=O)CSC1=N[C@H]2CS(=O)(=O)C[C@@H]2N1c1ccccc1OC. The molecule has 1 fully saturated rings. The van der Waals surface area contributed by atoms with E-state index in [0.717, 1.165) is 23.4 Å². The number of amidine groups is 1. The van der Waals surface area contributed by atoms with Crippen LogP contribution in [0.5, 0.6) is 5.75 Å². The molecule has 0 aliphatic carbocycles. The lowest BCUT2D eigenvalue weighted by molar-refractivity contribution is -0.113. The second kappa shape index (κ2) is 8.92. The van der Waals surface area contributed by atoms with Crippen molar-refractivity contribution in [3.63, 3.8) is 0 Å². The van der Waals surface area contributed by atoms with Crippen molar-refractivity contribution in [2.75, 3.05) is 34.6 Å². The number of nitrogens with one attached hydrogen (secondary N) is 1. The van der Waals surface area contributed by atoms with Gasteiger partial charge in [-0.1, -0.05) is 49.0 Å². The molecule has 9 heteroatoms. The molecule has 2 atom stereocenters. The van der Waals surface area contributed by atoms with Gasteiger partial charge in [0, 0.05) is 5.69 Å². The van der Waals surface area contributed by atoms with E-state index in [2.05, 4.69) is 10.3 Å². The Labute approximate surface area is 186 Å². The zero-order valence-electron chi connectivity index (χ0n) is 17.4. The maximum Gasteiger partial charge on any atom is 0.234 e. The van der Waals surface area contributed by atoms with E-state index in [0.29, 0.717) is 10.9 Å². The number of thioether (sulfide) groups is 1. The smallest absolute Gasteiger partial charge is 0.234 e. The van der Waals surface area contributed by atoms with E-state index in [-0.39, 0.29) is 35.2 Å². The molecule has 1 N–H and O–H groups in total. The van der Waals surface area contributed by atoms with Crippen LogP contribution in [-0.4, -0.2) is 55.9 Å². The molecule has 0 radical (unpaired) electrons. The third kappa shape index (κ3) is 4.57. The molecule has 0 spiro atoms. The summed E-state index contributed by atoms with van der Waals surface area (Å²) in [6, 6.07) is 14.6. The van der Waals surface area contributed by atoms with E-state index in [1.54, 1.807) is 7.11 Å². The normalized spacial score (nSPS) is 21.5. The van der Waals surface area contributed by atoms with Crippen molar-refractivity contribution in [3.8, 4) is 5.75 Å². The highest BCUT2D eigenvalue weighted by atomic mass is 32.2. The van der Waals surface area contributed by atoms with Crippen LogP contribution in [0.25, 0.3) is 0 Å². The van der Waals surface area contributed by atoms with Crippen LogP contribution in [-0.2, 0) is 21.1 Å². The third-order valence-electron chi connectivity index (χ3n) is 5.46. The summed E-state index contributed by atoms with van der Waals surface area (Å²) in [7, 11) is -1.56. The lowest BCUT2D eigenvalue weighted by Gasteiger charge is -2.27. The summed E-state index contributed by atoms with van der Waals surface area (Å²) in [5.74, 6) is 0.762. The first kappa shape index (κ1) is 21.7. The first-order valence-electron chi connectivity index (χ1n) is 10.1. The highest BCUT2D eigenvalue weighted by molar-refractivity contribution is 8.14. The number of hydrogen-bond donors (Lipinski definition) is 1. The van der Waals surface area contributed by atoms with Gasteiger partial charge >= 0.3 is 0 Å². The largest absolute Gasteiger partial charge is 0.495 e. The summed E-state index contributed by atoms with van der Waals surface area (Å²) >= 11 is 1.32. The minimum Gasteiger partial charge on any atom is -0.495 e. The molecule has 1 amide bonds. The molecule has 164 valence electrons. The number of anilines is 2. The van der Waals surface area contributed by atoms with Crippen LogP contribution in [0.2, 0.25) is 0 Å². The summed E-state index contributed by atoms with van der Waals surface area (Å²) in [5.41, 5.74) is 2.65. The molecule has 4 rings (SSSR count). The number of carbonyl (C=O) groups excluding carboxylic acids is 1. The molecular weight excluding hydrogens is 434 g/mol. The topological polar surface area (TPSA) is 88.1 Å². The molecule has 2 aliphatic heterocycles. The molecule has 1 saturated heterocycles. The van der Waals surface area contributed by atoms with Crippen molar-refractivity contribution in [2.45, 2.75) is 25.4 Å². The van der Waals surface area contributed by atoms with Gasteiger partial charge in [-0.2, -0.15) is 0 Å². The predicted molar refractivity (Wildman–Crippen MR) is 126 cm³/mol. The van der Waals surface area contributed by atoms with Gasteiger partial charge in [-0.3, -0.25) is 9.79 Å². The zero-order chi connectivity index (χ0) is 22.0. The average molecular weight is 460 g/mol. The number of aryl methyl sites for hydroxylation is 1. The Morgan fingerprint density at radius 3 is 2.71 bits per heavy atom. The number of carbonyl (C=O) groups is 1. The highest BCUT2D eigenvalue weighted by Gasteiger charge is 2.47. The molecular formula is C22H25N3O4S2. The van der Waals surface area contributed by atoms with Crippen LogP contribution < -0.4 is 15.0 Å². The third-order valence-corrected chi connectivity index (χ3v) is 8.12. The van der Waals surface area contributed by atoms with Gasteiger partial charge in [-0.25, -0.2) is 8.42 Å². The van der Waals surface area contributed by atoms with E-state index in [1.807, 2.05) is 60.4 Å². The van der Waals surface area contributed by atoms with E-state index in [9.17, 15) is 13.2 Å². The average Bonchev–Trinajstić information content (AvgIpc) is 3.23. The maximum absolute atomic E-state index is 12.6. The minimum atomic E-state index is -3.15. The summed E-state index contributed by atoms with van der Waals surface area (Å²) in [6.45, 7) is 2.05. The van der Waals surface area contributed by atoms with E-state index < -0.39 is 9.84 Å². The summed E-state index contributed by atoms with van der Waals surface area (Å²) < 4.78 is 29.9. The molecule has 0 aromatic heterocycles. The number of sulfone groups is 1. The fourth-order valence-corrected chi connectivity index (χ4v) is 6.77. The van der Waals surface area contributed by atoms with Gasteiger partial charge in [0.15, 0.2) is 15.0 Å². The van der Waals surface area contributed by atoms with Gasteiger partial charge in [0.1, 0.15) is 5.75 Å². The number of methoxy groups -OCH3 is 1. The summed E-state index contributed by atoms with van der Waals surface area (Å²) in [5, 5.41) is 3.62. The molecule has 2 aromatic carbocycles. The number of aliphatic imine (C=N–C) groups is 1. The molecule has 31 heavy (non-hydrogen) atoms. The molecule has 0 bridgehead atoms. The molecule has 0 saturated carbocycles. The van der Waals surface area contributed by atoms with Crippen LogP contribution in [0, 0.1) is 0 Å². The predicted octanol–water partition coefficient (Wildman–Crippen LogP) is 2.97. The molecule has 7 nitrogen and oxygen atoms in total. The van der Waals surface area contributed by atoms with Crippen molar-refractivity contribution in [2.24, 2.45) is 4.99 Å². The lowest BCUT2D eigenvalue weighted by atomic mass is 10.1. The standard InChI is InChI=1S/C22H25N3O4S2/c1-3-15-8-4-5-9-16(15)23-21(26)12-30-22-24-17-13-31(27,28)14-19(17)25(22)18-10-6-7-11-20(18)29-2/h4-11,17,19H,3,12-14H2,1-2H3,(H,23,26)/t17-,19-/m0/s1. The number of nitrogens with zero attached hydrogens (tertiary/aromatic N) is 2. The van der Waals surface area contributed by atoms with Gasteiger partial charge in [0.25, 0.3) is 0 Å². The summed E-state index contributed by atoms with van der Waals surface area (Å²) in [6.07, 6.45) is 0.829. The van der Waals surface area contributed by atoms with Gasteiger partial charge < -0.3 is 15.0 Å². The Morgan fingerprint density at radius 1 is 1.19 bits per heavy atom. The second-order valence-corrected chi connectivity index (χ2v) is 10.6. The first-order chi connectivity index (χ1) is 14.9. The first-order valence-corrected chi connectivity index (χ1v) is 12.9. The van der Waals surface area contributed by atoms with Gasteiger partial charge in [0.05, 0.1) is 42.1 Å². The number of para-hydroxylation sites is 3. The molecule has 2 heterocycles. The van der Waals surface area contributed by atoms with E-state index >= 15 is 0 Å². The van der Waals surface area contributed by atoms with Gasteiger partial charge in [-0.15, -0.1) is 0 Å². The van der Waals surface area contributed by atoms with E-state index in [4.69, 9.17) is 4.74 Å². The summed E-state index contributed by atoms with van der Waals surface area (Å²) in [4.78, 5) is 19.2. The Balaban J connectivity index is 1.54. The van der Waals surface area contributed by atoms with Crippen molar-refractivity contribution in [1.29, 1.82) is 0 Å². The van der Waals surface area contributed by atoms with Crippen LogP contribution in [0.4, 0.5) is 11.4 Å². The number of amides is 1. The number of ether oxygens (including phenoxy) is 1. The van der Waals surface area contributed by atoms with Gasteiger partial charge in [-0.05, 0) is 30.2 Å². The molecule has 2 aromatic rings. The number of benzene rings is 2. The van der Waals surface area contributed by atoms with E-state index in [1.165, 1.54) is 11.8 Å². The Hall–Kier alpha value is -2.52. The number of rotatable bonds is 6. The Morgan fingerprint density at radius 2 is 1.94 bits per heavy atom. The Kier molecular flexibility index (Phi) is 6.24. The quantitative estimate of drug-likeness (QED) is 0.715. The fraction of sp³-hybridized carbons (Fsp3) is 0.364.